The van der Waals surface area contributed by atoms with Gasteiger partial charge in [-0.1, -0.05) is 17.7 Å². The molecule has 6 heteroatoms. The Balaban J connectivity index is 1.66. The maximum absolute atomic E-state index is 12.7. The van der Waals surface area contributed by atoms with Gasteiger partial charge < -0.3 is 14.9 Å². The zero-order valence-electron chi connectivity index (χ0n) is 14.7. The van der Waals surface area contributed by atoms with E-state index in [1.165, 1.54) is 0 Å². The van der Waals surface area contributed by atoms with Crippen molar-refractivity contribution in [1.29, 1.82) is 0 Å². The SMILES string of the molecule is Cc1ccc(N2CC(C(=O)N3CCC(C(=O)O)CC3)CC2=O)c(C)c1. The van der Waals surface area contributed by atoms with Crippen LogP contribution in [-0.2, 0) is 14.4 Å². The Labute approximate surface area is 147 Å². The number of carbonyl (C=O) groups excluding carboxylic acids is 2. The van der Waals surface area contributed by atoms with Crippen LogP contribution in [0.25, 0.3) is 0 Å². The lowest BCUT2D eigenvalue weighted by Gasteiger charge is -2.31. The minimum atomic E-state index is -0.788. The molecule has 2 saturated heterocycles. The summed E-state index contributed by atoms with van der Waals surface area (Å²) in [4.78, 5) is 39.6. The largest absolute Gasteiger partial charge is 0.481 e. The number of carbonyl (C=O) groups is 3. The molecule has 3 rings (SSSR count). The number of hydrogen-bond donors (Lipinski definition) is 1. The van der Waals surface area contributed by atoms with Crippen molar-refractivity contribution in [3.8, 4) is 0 Å². The van der Waals surface area contributed by atoms with E-state index in [1.54, 1.807) is 9.80 Å². The summed E-state index contributed by atoms with van der Waals surface area (Å²) in [6.45, 7) is 5.31. The van der Waals surface area contributed by atoms with Gasteiger partial charge in [0.2, 0.25) is 11.8 Å². The van der Waals surface area contributed by atoms with Crippen LogP contribution in [0, 0.1) is 25.7 Å². The van der Waals surface area contributed by atoms with Crippen LogP contribution < -0.4 is 4.90 Å². The quantitative estimate of drug-likeness (QED) is 0.909. The number of likely N-dealkylation sites (tertiary alicyclic amines) is 1. The molecule has 0 radical (unpaired) electrons. The molecule has 0 bridgehead atoms. The van der Waals surface area contributed by atoms with Gasteiger partial charge in [-0.2, -0.15) is 0 Å². The number of aliphatic carboxylic acids is 1. The summed E-state index contributed by atoms with van der Waals surface area (Å²) in [5.74, 6) is -1.53. The fourth-order valence-corrected chi connectivity index (χ4v) is 3.82. The highest BCUT2D eigenvalue weighted by Crippen LogP contribution is 2.30. The Morgan fingerprint density at radius 3 is 2.40 bits per heavy atom. The first-order valence-corrected chi connectivity index (χ1v) is 8.76. The normalized spacial score (nSPS) is 21.7. The number of carboxylic acid groups (broad SMARTS) is 1. The lowest BCUT2D eigenvalue weighted by molar-refractivity contribution is -0.146. The molecule has 25 heavy (non-hydrogen) atoms. The van der Waals surface area contributed by atoms with Gasteiger partial charge in [0, 0.05) is 31.7 Å². The zero-order valence-corrected chi connectivity index (χ0v) is 14.7. The number of piperidine rings is 1. The van der Waals surface area contributed by atoms with E-state index in [9.17, 15) is 14.4 Å². The monoisotopic (exact) mass is 344 g/mol. The van der Waals surface area contributed by atoms with Crippen molar-refractivity contribution in [2.75, 3.05) is 24.5 Å². The molecule has 1 unspecified atom stereocenters. The minimum absolute atomic E-state index is 0.0225. The maximum Gasteiger partial charge on any atom is 0.306 e. The molecular formula is C19H24N2O4. The van der Waals surface area contributed by atoms with Crippen LogP contribution in [0.15, 0.2) is 18.2 Å². The first-order valence-electron chi connectivity index (χ1n) is 8.76. The van der Waals surface area contributed by atoms with Crippen LogP contribution in [0.2, 0.25) is 0 Å². The Morgan fingerprint density at radius 2 is 1.80 bits per heavy atom. The Morgan fingerprint density at radius 1 is 1.12 bits per heavy atom. The third kappa shape index (κ3) is 3.52. The molecule has 0 spiro atoms. The van der Waals surface area contributed by atoms with Gasteiger partial charge in [0.05, 0.1) is 11.8 Å². The number of benzene rings is 1. The molecule has 1 aromatic carbocycles. The van der Waals surface area contributed by atoms with Crippen molar-refractivity contribution in [2.45, 2.75) is 33.1 Å². The molecule has 2 aliphatic heterocycles. The van der Waals surface area contributed by atoms with Crippen molar-refractivity contribution < 1.29 is 19.5 Å². The van der Waals surface area contributed by atoms with Crippen LogP contribution in [-0.4, -0.2) is 47.4 Å². The van der Waals surface area contributed by atoms with E-state index < -0.39 is 5.97 Å². The number of hydrogen-bond acceptors (Lipinski definition) is 3. The predicted molar refractivity (Wildman–Crippen MR) is 93.3 cm³/mol. The second kappa shape index (κ2) is 6.86. The van der Waals surface area contributed by atoms with Crippen LogP contribution in [0.3, 0.4) is 0 Å². The number of rotatable bonds is 3. The fraction of sp³-hybridized carbons (Fsp3) is 0.526. The second-order valence-electron chi connectivity index (χ2n) is 7.13. The van der Waals surface area contributed by atoms with Crippen LogP contribution in [0.1, 0.15) is 30.4 Å². The standard InChI is InChI=1S/C19H24N2O4/c1-12-3-4-16(13(2)9-12)21-11-15(10-17(21)22)18(23)20-7-5-14(6-8-20)19(24)25/h3-4,9,14-15H,5-8,10-11H2,1-2H3,(H,24,25). The predicted octanol–water partition coefficient (Wildman–Crippen LogP) is 1.98. The number of nitrogens with zero attached hydrogens (tertiary/aromatic N) is 2. The van der Waals surface area contributed by atoms with Crippen LogP contribution in [0.4, 0.5) is 5.69 Å². The highest BCUT2D eigenvalue weighted by Gasteiger charge is 2.38. The smallest absolute Gasteiger partial charge is 0.306 e. The number of anilines is 1. The molecule has 2 heterocycles. The Hall–Kier alpha value is -2.37. The molecule has 0 aromatic heterocycles. The van der Waals surface area contributed by atoms with Gasteiger partial charge >= 0.3 is 5.97 Å². The highest BCUT2D eigenvalue weighted by atomic mass is 16.4. The third-order valence-electron chi connectivity index (χ3n) is 5.27. The molecule has 2 amide bonds. The number of carboxylic acids is 1. The molecule has 0 aliphatic carbocycles. The second-order valence-corrected chi connectivity index (χ2v) is 7.13. The minimum Gasteiger partial charge on any atom is -0.481 e. The van der Waals surface area contributed by atoms with Crippen molar-refractivity contribution in [3.63, 3.8) is 0 Å². The molecule has 1 atom stereocenters. The van der Waals surface area contributed by atoms with Gasteiger partial charge in [-0.05, 0) is 38.3 Å². The molecule has 2 fully saturated rings. The van der Waals surface area contributed by atoms with Crippen molar-refractivity contribution >= 4 is 23.5 Å². The van der Waals surface area contributed by atoms with Crippen molar-refractivity contribution in [3.05, 3.63) is 29.3 Å². The third-order valence-corrected chi connectivity index (χ3v) is 5.27. The average molecular weight is 344 g/mol. The van der Waals surface area contributed by atoms with Gasteiger partial charge in [-0.3, -0.25) is 14.4 Å². The fourth-order valence-electron chi connectivity index (χ4n) is 3.82. The lowest BCUT2D eigenvalue weighted by Crippen LogP contribution is -2.43. The van der Waals surface area contributed by atoms with E-state index in [4.69, 9.17) is 5.11 Å². The van der Waals surface area contributed by atoms with E-state index in [-0.39, 0.29) is 30.1 Å². The van der Waals surface area contributed by atoms with Gasteiger partial charge in [-0.25, -0.2) is 0 Å². The summed E-state index contributed by atoms with van der Waals surface area (Å²) in [6.07, 6.45) is 1.20. The van der Waals surface area contributed by atoms with E-state index in [0.717, 1.165) is 16.8 Å². The van der Waals surface area contributed by atoms with E-state index in [2.05, 4.69) is 0 Å². The topological polar surface area (TPSA) is 77.9 Å². The molecule has 2 aliphatic rings. The molecule has 134 valence electrons. The van der Waals surface area contributed by atoms with Gasteiger partial charge in [0.15, 0.2) is 0 Å². The van der Waals surface area contributed by atoms with Crippen LogP contribution in [0.5, 0.6) is 0 Å². The average Bonchev–Trinajstić information content (AvgIpc) is 2.96. The number of amides is 2. The highest BCUT2D eigenvalue weighted by molar-refractivity contribution is 6.00. The van der Waals surface area contributed by atoms with Crippen molar-refractivity contribution in [1.82, 2.24) is 4.90 Å². The maximum atomic E-state index is 12.7. The van der Waals surface area contributed by atoms with Gasteiger partial charge in [-0.15, -0.1) is 0 Å². The van der Waals surface area contributed by atoms with Crippen molar-refractivity contribution in [2.24, 2.45) is 11.8 Å². The summed E-state index contributed by atoms with van der Waals surface area (Å²) in [5, 5.41) is 9.06. The van der Waals surface area contributed by atoms with Gasteiger partial charge in [0.25, 0.3) is 0 Å². The molecular weight excluding hydrogens is 320 g/mol. The first-order chi connectivity index (χ1) is 11.9. The Bertz CT molecular complexity index is 707. The summed E-state index contributed by atoms with van der Waals surface area (Å²) >= 11 is 0. The summed E-state index contributed by atoms with van der Waals surface area (Å²) in [7, 11) is 0. The van der Waals surface area contributed by atoms with E-state index >= 15 is 0 Å². The molecule has 6 nitrogen and oxygen atoms in total. The zero-order chi connectivity index (χ0) is 18.1. The number of aryl methyl sites for hydroxylation is 2. The summed E-state index contributed by atoms with van der Waals surface area (Å²) < 4.78 is 0. The molecule has 1 aromatic rings. The lowest BCUT2D eigenvalue weighted by atomic mass is 9.95. The first kappa shape index (κ1) is 17.5. The molecule has 1 N–H and O–H groups in total. The molecule has 0 saturated carbocycles. The summed E-state index contributed by atoms with van der Waals surface area (Å²) in [5.41, 5.74) is 3.04. The van der Waals surface area contributed by atoms with Gasteiger partial charge in [0.1, 0.15) is 0 Å². The summed E-state index contributed by atoms with van der Waals surface area (Å²) in [6, 6.07) is 5.95. The van der Waals surface area contributed by atoms with E-state index in [0.29, 0.717) is 32.5 Å². The van der Waals surface area contributed by atoms with E-state index in [1.807, 2.05) is 32.0 Å². The van der Waals surface area contributed by atoms with Crippen LogP contribution >= 0.6 is 0 Å². The Kier molecular flexibility index (Phi) is 4.79.